The molecule has 32 heavy (non-hydrogen) atoms. The molecule has 168 valence electrons. The van der Waals surface area contributed by atoms with E-state index in [0.29, 0.717) is 24.5 Å². The molecule has 0 bridgehead atoms. The molecule has 0 spiro atoms. The first-order valence-corrected chi connectivity index (χ1v) is 11.1. The summed E-state index contributed by atoms with van der Waals surface area (Å²) >= 11 is 0. The van der Waals surface area contributed by atoms with Gasteiger partial charge in [0.25, 0.3) is 5.91 Å². The van der Waals surface area contributed by atoms with Crippen molar-refractivity contribution in [2.24, 2.45) is 0 Å². The van der Waals surface area contributed by atoms with Gasteiger partial charge in [-0.1, -0.05) is 47.1 Å². The Bertz CT molecular complexity index is 1100. The smallest absolute Gasteiger partial charge is 0.276 e. The van der Waals surface area contributed by atoms with Crippen LogP contribution in [0, 0.1) is 27.7 Å². The number of amides is 1. The molecule has 1 aliphatic heterocycles. The van der Waals surface area contributed by atoms with Crippen molar-refractivity contribution in [1.82, 2.24) is 15.0 Å². The third-order valence-corrected chi connectivity index (χ3v) is 6.26. The predicted octanol–water partition coefficient (Wildman–Crippen LogP) is 4.45. The van der Waals surface area contributed by atoms with Gasteiger partial charge in [-0.3, -0.25) is 9.69 Å². The first-order chi connectivity index (χ1) is 15.4. The molecular weight excluding hydrogens is 402 g/mol. The molecule has 0 N–H and O–H groups in total. The topological polar surface area (TPSA) is 58.8 Å². The van der Waals surface area contributed by atoms with Crippen LogP contribution in [0.1, 0.15) is 44.1 Å². The number of piperazine rings is 1. The third kappa shape index (κ3) is 4.86. The van der Waals surface area contributed by atoms with Crippen molar-refractivity contribution in [2.45, 2.75) is 40.8 Å². The molecule has 6 heteroatoms. The monoisotopic (exact) mass is 433 g/mol. The molecule has 1 saturated heterocycles. The molecule has 6 nitrogen and oxygen atoms in total. The number of nitrogens with zero attached hydrogens (tertiary/aromatic N) is 3. The van der Waals surface area contributed by atoms with Gasteiger partial charge in [0, 0.05) is 32.7 Å². The summed E-state index contributed by atoms with van der Waals surface area (Å²) in [5, 5.41) is 4.08. The summed E-state index contributed by atoms with van der Waals surface area (Å²) in [5.74, 6) is 1.35. The summed E-state index contributed by atoms with van der Waals surface area (Å²) in [4.78, 5) is 17.5. The van der Waals surface area contributed by atoms with Gasteiger partial charge in [-0.15, -0.1) is 0 Å². The lowest BCUT2D eigenvalue weighted by molar-refractivity contribution is 0.0616. The Kier molecular flexibility index (Phi) is 6.61. The molecule has 0 radical (unpaired) electrons. The number of rotatable bonds is 6. The molecule has 3 aromatic rings. The van der Waals surface area contributed by atoms with Crippen molar-refractivity contribution in [3.05, 3.63) is 81.7 Å². The van der Waals surface area contributed by atoms with Gasteiger partial charge < -0.3 is 14.2 Å². The maximum Gasteiger partial charge on any atom is 0.276 e. The Morgan fingerprint density at radius 3 is 2.53 bits per heavy atom. The zero-order valence-electron chi connectivity index (χ0n) is 19.4. The molecule has 0 saturated carbocycles. The highest BCUT2D eigenvalue weighted by atomic mass is 16.5. The van der Waals surface area contributed by atoms with Gasteiger partial charge >= 0.3 is 0 Å². The number of carbonyl (C=O) groups excluding carboxylic acids is 1. The van der Waals surface area contributed by atoms with E-state index in [9.17, 15) is 4.79 Å². The molecule has 2 aromatic carbocycles. The minimum Gasteiger partial charge on any atom is -0.488 e. The Morgan fingerprint density at radius 2 is 1.78 bits per heavy atom. The maximum atomic E-state index is 13.2. The van der Waals surface area contributed by atoms with E-state index in [1.165, 1.54) is 16.7 Å². The molecule has 0 unspecified atom stereocenters. The van der Waals surface area contributed by atoms with Crippen LogP contribution in [-0.2, 0) is 13.2 Å². The molecule has 1 aliphatic rings. The van der Waals surface area contributed by atoms with Crippen LogP contribution in [0.15, 0.2) is 47.0 Å². The van der Waals surface area contributed by atoms with Crippen LogP contribution in [0.25, 0.3) is 0 Å². The summed E-state index contributed by atoms with van der Waals surface area (Å²) in [5.41, 5.74) is 5.93. The summed E-state index contributed by atoms with van der Waals surface area (Å²) < 4.78 is 11.4. The van der Waals surface area contributed by atoms with Gasteiger partial charge in [0.2, 0.25) is 0 Å². The lowest BCUT2D eigenvalue weighted by atomic mass is 10.1. The molecular formula is C26H31N3O3. The lowest BCUT2D eigenvalue weighted by Gasteiger charge is -2.34. The number of benzene rings is 2. The molecule has 4 rings (SSSR count). The quantitative estimate of drug-likeness (QED) is 0.575. The first kappa shape index (κ1) is 22.1. The van der Waals surface area contributed by atoms with E-state index in [1.807, 2.05) is 30.9 Å². The first-order valence-electron chi connectivity index (χ1n) is 11.1. The number of aryl methyl sites for hydroxylation is 3. The summed E-state index contributed by atoms with van der Waals surface area (Å²) in [6.45, 7) is 12.2. The molecule has 0 atom stereocenters. The maximum absolute atomic E-state index is 13.2. The highest BCUT2D eigenvalue weighted by Gasteiger charge is 2.28. The van der Waals surface area contributed by atoms with E-state index in [4.69, 9.17) is 9.26 Å². The normalized spacial score (nSPS) is 14.6. The Balaban J connectivity index is 1.38. The molecule has 1 aromatic heterocycles. The van der Waals surface area contributed by atoms with E-state index >= 15 is 0 Å². The second kappa shape index (κ2) is 9.57. The van der Waals surface area contributed by atoms with E-state index in [-0.39, 0.29) is 12.5 Å². The number of hydrogen-bond donors (Lipinski definition) is 0. The average molecular weight is 434 g/mol. The highest BCUT2D eigenvalue weighted by molar-refractivity contribution is 5.93. The highest BCUT2D eigenvalue weighted by Crippen LogP contribution is 2.24. The largest absolute Gasteiger partial charge is 0.488 e. The molecule has 1 amide bonds. The van der Waals surface area contributed by atoms with Crippen molar-refractivity contribution < 1.29 is 14.1 Å². The fourth-order valence-corrected chi connectivity index (χ4v) is 4.09. The SMILES string of the molecule is Cc1cccc(CN2CCN(C(=O)c3noc(C)c3COc3cccc(C)c3C)CC2)c1. The fourth-order valence-electron chi connectivity index (χ4n) is 4.09. The molecule has 1 fully saturated rings. The summed E-state index contributed by atoms with van der Waals surface area (Å²) in [6.07, 6.45) is 0. The summed E-state index contributed by atoms with van der Waals surface area (Å²) in [6, 6.07) is 14.6. The Morgan fingerprint density at radius 1 is 1.03 bits per heavy atom. The number of ether oxygens (including phenoxy) is 1. The van der Waals surface area contributed by atoms with E-state index in [0.717, 1.165) is 36.5 Å². The predicted molar refractivity (Wildman–Crippen MR) is 124 cm³/mol. The van der Waals surface area contributed by atoms with Gasteiger partial charge in [-0.25, -0.2) is 0 Å². The van der Waals surface area contributed by atoms with Crippen molar-refractivity contribution in [2.75, 3.05) is 26.2 Å². The van der Waals surface area contributed by atoms with Crippen LogP contribution in [0.3, 0.4) is 0 Å². The molecule has 0 aliphatic carbocycles. The Labute approximate surface area is 189 Å². The van der Waals surface area contributed by atoms with Crippen LogP contribution in [0.5, 0.6) is 5.75 Å². The number of hydrogen-bond acceptors (Lipinski definition) is 5. The minimum atomic E-state index is -0.0865. The standard InChI is InChI=1S/C26H31N3O3/c1-18-7-5-9-22(15-18)16-28-11-13-29(14-12-28)26(30)25-23(21(4)32-27-25)17-31-24-10-6-8-19(2)20(24)3/h5-10,15H,11-14,16-17H2,1-4H3. The number of carbonyl (C=O) groups is 1. The van der Waals surface area contributed by atoms with Gasteiger partial charge in [-0.05, 0) is 50.5 Å². The average Bonchev–Trinajstić information content (AvgIpc) is 3.15. The van der Waals surface area contributed by atoms with Crippen LogP contribution in [0.4, 0.5) is 0 Å². The second-order valence-corrected chi connectivity index (χ2v) is 8.61. The van der Waals surface area contributed by atoms with Crippen molar-refractivity contribution in [1.29, 1.82) is 0 Å². The third-order valence-electron chi connectivity index (χ3n) is 6.26. The second-order valence-electron chi connectivity index (χ2n) is 8.61. The number of aromatic nitrogens is 1. The van der Waals surface area contributed by atoms with Gasteiger partial charge in [-0.2, -0.15) is 0 Å². The van der Waals surface area contributed by atoms with Crippen LogP contribution < -0.4 is 4.74 Å². The van der Waals surface area contributed by atoms with E-state index in [2.05, 4.69) is 54.2 Å². The lowest BCUT2D eigenvalue weighted by Crippen LogP contribution is -2.48. The van der Waals surface area contributed by atoms with Gasteiger partial charge in [0.15, 0.2) is 5.69 Å². The molecule has 2 heterocycles. The zero-order chi connectivity index (χ0) is 22.7. The van der Waals surface area contributed by atoms with Gasteiger partial charge in [0.05, 0.1) is 5.56 Å². The van der Waals surface area contributed by atoms with Crippen LogP contribution in [0.2, 0.25) is 0 Å². The van der Waals surface area contributed by atoms with Crippen molar-refractivity contribution >= 4 is 5.91 Å². The van der Waals surface area contributed by atoms with Crippen molar-refractivity contribution in [3.63, 3.8) is 0 Å². The van der Waals surface area contributed by atoms with E-state index < -0.39 is 0 Å². The minimum absolute atomic E-state index is 0.0865. The van der Waals surface area contributed by atoms with Crippen LogP contribution >= 0.6 is 0 Å². The van der Waals surface area contributed by atoms with Crippen molar-refractivity contribution in [3.8, 4) is 5.75 Å². The zero-order valence-corrected chi connectivity index (χ0v) is 19.4. The summed E-state index contributed by atoms with van der Waals surface area (Å²) in [7, 11) is 0. The van der Waals surface area contributed by atoms with Gasteiger partial charge in [0.1, 0.15) is 18.1 Å². The Hall–Kier alpha value is -3.12. The van der Waals surface area contributed by atoms with Crippen LogP contribution in [-0.4, -0.2) is 47.0 Å². The fraction of sp³-hybridized carbons (Fsp3) is 0.385. The van der Waals surface area contributed by atoms with E-state index in [1.54, 1.807) is 0 Å².